The number of aryl methyl sites for hydroxylation is 2. The Balaban J connectivity index is 3.18. The second-order valence-corrected chi connectivity index (χ2v) is 3.81. The van der Waals surface area contributed by atoms with E-state index in [1.807, 2.05) is 0 Å². The summed E-state index contributed by atoms with van der Waals surface area (Å²) in [4.78, 5) is 0. The van der Waals surface area contributed by atoms with Crippen LogP contribution in [0.15, 0.2) is 12.1 Å². The highest BCUT2D eigenvalue weighted by molar-refractivity contribution is 5.42. The molecule has 0 saturated carbocycles. The first-order chi connectivity index (χ1) is 6.60. The predicted molar refractivity (Wildman–Crippen MR) is 59.9 cm³/mol. The van der Waals surface area contributed by atoms with Crippen molar-refractivity contribution >= 4 is 0 Å². The number of hydrogen-bond acceptors (Lipinski definition) is 2. The van der Waals surface area contributed by atoms with E-state index in [2.05, 4.69) is 32.9 Å². The molecule has 0 saturated heterocycles. The summed E-state index contributed by atoms with van der Waals surface area (Å²) in [6, 6.07) is 4.13. The Hall–Kier alpha value is -1.02. The molecule has 1 rings (SSSR count). The lowest BCUT2D eigenvalue weighted by atomic mass is 9.92. The number of methoxy groups -OCH3 is 1. The second-order valence-electron chi connectivity index (χ2n) is 3.81. The van der Waals surface area contributed by atoms with Gasteiger partial charge in [-0.15, -0.1) is 0 Å². The Kier molecular flexibility index (Phi) is 3.53. The second kappa shape index (κ2) is 4.47. The third kappa shape index (κ3) is 2.07. The number of hydrogen-bond donors (Lipinski definition) is 1. The van der Waals surface area contributed by atoms with Crippen LogP contribution in [0.3, 0.4) is 0 Å². The van der Waals surface area contributed by atoms with E-state index in [0.717, 1.165) is 5.75 Å². The molecular weight excluding hydrogens is 174 g/mol. The minimum atomic E-state index is 0.418. The number of ether oxygens (including phenoxy) is 1. The highest BCUT2D eigenvalue weighted by Crippen LogP contribution is 2.27. The molecule has 0 bridgehead atoms. The molecule has 0 spiro atoms. The summed E-state index contributed by atoms with van der Waals surface area (Å²) >= 11 is 0. The molecule has 2 nitrogen and oxygen atoms in total. The van der Waals surface area contributed by atoms with Gasteiger partial charge in [-0.1, -0.05) is 6.92 Å². The molecule has 1 unspecified atom stereocenters. The van der Waals surface area contributed by atoms with Crippen molar-refractivity contribution in [2.75, 3.05) is 13.7 Å². The molecule has 14 heavy (non-hydrogen) atoms. The van der Waals surface area contributed by atoms with Gasteiger partial charge in [0.05, 0.1) is 7.11 Å². The molecule has 0 aliphatic heterocycles. The quantitative estimate of drug-likeness (QED) is 0.800. The minimum Gasteiger partial charge on any atom is -0.497 e. The standard InChI is InChI=1S/C12H19NO/c1-8-5-11(14-4)6-9(2)12(8)10(3)7-13/h5-6,10H,7,13H2,1-4H3. The predicted octanol–water partition coefficient (Wildman–Crippen LogP) is 2.37. The zero-order valence-corrected chi connectivity index (χ0v) is 9.42. The van der Waals surface area contributed by atoms with Gasteiger partial charge in [0.15, 0.2) is 0 Å². The summed E-state index contributed by atoms with van der Waals surface area (Å²) in [7, 11) is 1.69. The third-order valence-electron chi connectivity index (χ3n) is 2.65. The van der Waals surface area contributed by atoms with E-state index >= 15 is 0 Å². The van der Waals surface area contributed by atoms with Gasteiger partial charge in [0, 0.05) is 0 Å². The Morgan fingerprint density at radius 1 is 1.29 bits per heavy atom. The lowest BCUT2D eigenvalue weighted by Crippen LogP contribution is -2.11. The maximum absolute atomic E-state index is 5.68. The van der Waals surface area contributed by atoms with Gasteiger partial charge in [0.1, 0.15) is 5.75 Å². The first-order valence-electron chi connectivity index (χ1n) is 4.95. The molecule has 0 radical (unpaired) electrons. The molecule has 78 valence electrons. The molecule has 2 heteroatoms. The summed E-state index contributed by atoms with van der Waals surface area (Å²) < 4.78 is 5.21. The Labute approximate surface area is 86.1 Å². The van der Waals surface area contributed by atoms with Crippen molar-refractivity contribution < 1.29 is 4.74 Å². The first kappa shape index (κ1) is 11.1. The molecule has 0 amide bonds. The zero-order chi connectivity index (χ0) is 10.7. The largest absolute Gasteiger partial charge is 0.497 e. The first-order valence-corrected chi connectivity index (χ1v) is 4.95. The average molecular weight is 193 g/mol. The van der Waals surface area contributed by atoms with E-state index in [0.29, 0.717) is 12.5 Å². The highest BCUT2D eigenvalue weighted by atomic mass is 16.5. The molecule has 0 fully saturated rings. The SMILES string of the molecule is COc1cc(C)c(C(C)CN)c(C)c1. The summed E-state index contributed by atoms with van der Waals surface area (Å²) in [5, 5.41) is 0. The molecule has 1 atom stereocenters. The van der Waals surface area contributed by atoms with Gasteiger partial charge in [0.25, 0.3) is 0 Å². The summed E-state index contributed by atoms with van der Waals surface area (Å²) in [5.74, 6) is 1.34. The van der Waals surface area contributed by atoms with Crippen LogP contribution in [0.5, 0.6) is 5.75 Å². The van der Waals surface area contributed by atoms with Crippen molar-refractivity contribution in [1.82, 2.24) is 0 Å². The maximum Gasteiger partial charge on any atom is 0.119 e. The van der Waals surface area contributed by atoms with E-state index in [1.165, 1.54) is 16.7 Å². The fourth-order valence-electron chi connectivity index (χ4n) is 1.95. The van der Waals surface area contributed by atoms with Gasteiger partial charge in [-0.2, -0.15) is 0 Å². The molecule has 1 aromatic rings. The van der Waals surface area contributed by atoms with E-state index in [-0.39, 0.29) is 0 Å². The van der Waals surface area contributed by atoms with E-state index in [1.54, 1.807) is 7.11 Å². The summed E-state index contributed by atoms with van der Waals surface area (Å²) in [6.45, 7) is 7.06. The molecule has 2 N–H and O–H groups in total. The van der Waals surface area contributed by atoms with Crippen molar-refractivity contribution in [2.45, 2.75) is 26.7 Å². The van der Waals surface area contributed by atoms with Crippen molar-refractivity contribution in [3.8, 4) is 5.75 Å². The van der Waals surface area contributed by atoms with Crippen molar-refractivity contribution in [3.05, 3.63) is 28.8 Å². The van der Waals surface area contributed by atoms with Crippen LogP contribution in [0.1, 0.15) is 29.5 Å². The van der Waals surface area contributed by atoms with Crippen LogP contribution in [-0.2, 0) is 0 Å². The van der Waals surface area contributed by atoms with Gasteiger partial charge in [-0.25, -0.2) is 0 Å². The normalized spacial score (nSPS) is 12.6. The Morgan fingerprint density at radius 3 is 2.14 bits per heavy atom. The van der Waals surface area contributed by atoms with Crippen LogP contribution in [0.4, 0.5) is 0 Å². The monoisotopic (exact) mass is 193 g/mol. The number of rotatable bonds is 3. The lowest BCUT2D eigenvalue weighted by molar-refractivity contribution is 0.414. The number of benzene rings is 1. The smallest absolute Gasteiger partial charge is 0.119 e. The van der Waals surface area contributed by atoms with Gasteiger partial charge >= 0.3 is 0 Å². The average Bonchev–Trinajstić information content (AvgIpc) is 2.16. The molecule has 1 aromatic carbocycles. The molecule has 0 aromatic heterocycles. The fourth-order valence-corrected chi connectivity index (χ4v) is 1.95. The molecular formula is C12H19NO. The fraction of sp³-hybridized carbons (Fsp3) is 0.500. The van der Waals surface area contributed by atoms with E-state index in [4.69, 9.17) is 10.5 Å². The van der Waals surface area contributed by atoms with Crippen LogP contribution < -0.4 is 10.5 Å². The van der Waals surface area contributed by atoms with Crippen molar-refractivity contribution in [1.29, 1.82) is 0 Å². The lowest BCUT2D eigenvalue weighted by Gasteiger charge is -2.17. The highest BCUT2D eigenvalue weighted by Gasteiger charge is 2.11. The zero-order valence-electron chi connectivity index (χ0n) is 9.42. The van der Waals surface area contributed by atoms with Gasteiger partial charge in [-0.05, 0) is 55.1 Å². The van der Waals surface area contributed by atoms with Crippen LogP contribution >= 0.6 is 0 Å². The summed E-state index contributed by atoms with van der Waals surface area (Å²) in [6.07, 6.45) is 0. The minimum absolute atomic E-state index is 0.418. The third-order valence-corrected chi connectivity index (χ3v) is 2.65. The maximum atomic E-state index is 5.68. The van der Waals surface area contributed by atoms with E-state index < -0.39 is 0 Å². The molecule has 0 heterocycles. The van der Waals surface area contributed by atoms with Crippen LogP contribution in [-0.4, -0.2) is 13.7 Å². The van der Waals surface area contributed by atoms with Gasteiger partial charge in [0.2, 0.25) is 0 Å². The number of nitrogens with two attached hydrogens (primary N) is 1. The molecule has 0 aliphatic rings. The topological polar surface area (TPSA) is 35.2 Å². The van der Waals surface area contributed by atoms with Crippen LogP contribution in [0, 0.1) is 13.8 Å². The summed E-state index contributed by atoms with van der Waals surface area (Å²) in [5.41, 5.74) is 9.56. The van der Waals surface area contributed by atoms with Crippen LogP contribution in [0.25, 0.3) is 0 Å². The van der Waals surface area contributed by atoms with E-state index in [9.17, 15) is 0 Å². The van der Waals surface area contributed by atoms with Gasteiger partial charge in [-0.3, -0.25) is 0 Å². The molecule has 0 aliphatic carbocycles. The van der Waals surface area contributed by atoms with Crippen LogP contribution in [0.2, 0.25) is 0 Å². The van der Waals surface area contributed by atoms with Gasteiger partial charge < -0.3 is 10.5 Å². The Bertz CT molecular complexity index is 297. The van der Waals surface area contributed by atoms with Crippen molar-refractivity contribution in [2.24, 2.45) is 5.73 Å². The Morgan fingerprint density at radius 2 is 1.79 bits per heavy atom. The van der Waals surface area contributed by atoms with Crippen molar-refractivity contribution in [3.63, 3.8) is 0 Å².